The van der Waals surface area contributed by atoms with Crippen molar-refractivity contribution in [3.63, 3.8) is 0 Å². The lowest BCUT2D eigenvalue weighted by Crippen LogP contribution is -2.43. The average Bonchev–Trinajstić information content (AvgIpc) is 2.41. The second-order valence-corrected chi connectivity index (χ2v) is 6.04. The summed E-state index contributed by atoms with van der Waals surface area (Å²) in [6.07, 6.45) is 2.13. The summed E-state index contributed by atoms with van der Waals surface area (Å²) in [6, 6.07) is 5.94. The third-order valence-electron chi connectivity index (χ3n) is 4.34. The summed E-state index contributed by atoms with van der Waals surface area (Å²) in [5, 5.41) is 12.0. The van der Waals surface area contributed by atoms with Crippen LogP contribution in [0.3, 0.4) is 0 Å². The van der Waals surface area contributed by atoms with Crippen molar-refractivity contribution in [3.8, 4) is 5.75 Å². The van der Waals surface area contributed by atoms with E-state index in [1.165, 1.54) is 0 Å². The molecule has 1 aliphatic carbocycles. The molecule has 0 atom stereocenters. The number of aliphatic carboxylic acids is 1. The fourth-order valence-electron chi connectivity index (χ4n) is 2.81. The highest BCUT2D eigenvalue weighted by atomic mass is 16.5. The molecule has 5 heteroatoms. The van der Waals surface area contributed by atoms with Crippen LogP contribution in [0.15, 0.2) is 18.2 Å². The number of amides is 1. The van der Waals surface area contributed by atoms with Gasteiger partial charge in [0, 0.05) is 6.42 Å². The van der Waals surface area contributed by atoms with Crippen LogP contribution in [0.1, 0.15) is 36.8 Å². The SMILES string of the molecule is Cc1cccc(C)c1OCCNC(=O)CC1(C(=O)O)CCC1. The first-order chi connectivity index (χ1) is 10.4. The Morgan fingerprint density at radius 1 is 1.27 bits per heavy atom. The summed E-state index contributed by atoms with van der Waals surface area (Å²) in [5.41, 5.74) is 1.29. The van der Waals surface area contributed by atoms with Gasteiger partial charge in [0.1, 0.15) is 12.4 Å². The molecule has 2 rings (SSSR count). The smallest absolute Gasteiger partial charge is 0.310 e. The van der Waals surface area contributed by atoms with Gasteiger partial charge in [-0.15, -0.1) is 0 Å². The Morgan fingerprint density at radius 2 is 1.91 bits per heavy atom. The summed E-state index contributed by atoms with van der Waals surface area (Å²) >= 11 is 0. The number of hydrogen-bond acceptors (Lipinski definition) is 3. The first-order valence-corrected chi connectivity index (χ1v) is 7.64. The number of hydrogen-bond donors (Lipinski definition) is 2. The van der Waals surface area contributed by atoms with Crippen molar-refractivity contribution in [2.45, 2.75) is 39.5 Å². The number of benzene rings is 1. The first kappa shape index (κ1) is 16.3. The van der Waals surface area contributed by atoms with Gasteiger partial charge in [-0.1, -0.05) is 24.6 Å². The Labute approximate surface area is 130 Å². The van der Waals surface area contributed by atoms with Crippen molar-refractivity contribution in [1.29, 1.82) is 0 Å². The van der Waals surface area contributed by atoms with E-state index in [1.807, 2.05) is 32.0 Å². The summed E-state index contributed by atoms with van der Waals surface area (Å²) < 4.78 is 5.70. The Bertz CT molecular complexity index is 544. The van der Waals surface area contributed by atoms with E-state index >= 15 is 0 Å². The average molecular weight is 305 g/mol. The fraction of sp³-hybridized carbons (Fsp3) is 0.529. The minimum atomic E-state index is -0.860. The summed E-state index contributed by atoms with van der Waals surface area (Å²) in [5.74, 6) is -0.231. The molecule has 0 radical (unpaired) electrons. The normalized spacial score (nSPS) is 15.7. The number of ether oxygens (including phenoxy) is 1. The molecule has 2 N–H and O–H groups in total. The Balaban J connectivity index is 1.75. The molecule has 1 aromatic rings. The van der Waals surface area contributed by atoms with Gasteiger partial charge in [0.05, 0.1) is 12.0 Å². The molecule has 1 amide bonds. The maximum atomic E-state index is 11.9. The zero-order chi connectivity index (χ0) is 16.2. The lowest BCUT2D eigenvalue weighted by molar-refractivity contribution is -0.157. The van der Waals surface area contributed by atoms with E-state index in [0.29, 0.717) is 26.0 Å². The van der Waals surface area contributed by atoms with Crippen LogP contribution in [-0.2, 0) is 9.59 Å². The maximum Gasteiger partial charge on any atom is 0.310 e. The predicted molar refractivity (Wildman–Crippen MR) is 83.0 cm³/mol. The Kier molecular flexibility index (Phi) is 5.06. The summed E-state index contributed by atoms with van der Waals surface area (Å²) in [4.78, 5) is 23.1. The highest BCUT2D eigenvalue weighted by Gasteiger charge is 2.45. The molecule has 0 aliphatic heterocycles. The molecule has 1 aliphatic rings. The highest BCUT2D eigenvalue weighted by molar-refractivity contribution is 5.85. The van der Waals surface area contributed by atoms with Gasteiger partial charge < -0.3 is 15.2 Å². The molecule has 0 unspecified atom stereocenters. The number of rotatable bonds is 7. The highest BCUT2D eigenvalue weighted by Crippen LogP contribution is 2.44. The number of nitrogens with one attached hydrogen (secondary N) is 1. The van der Waals surface area contributed by atoms with Crippen molar-refractivity contribution in [2.75, 3.05) is 13.2 Å². The molecule has 0 bridgehead atoms. The molecule has 0 heterocycles. The number of carbonyl (C=O) groups excluding carboxylic acids is 1. The largest absolute Gasteiger partial charge is 0.491 e. The van der Waals surface area contributed by atoms with Gasteiger partial charge >= 0.3 is 5.97 Å². The monoisotopic (exact) mass is 305 g/mol. The molecule has 22 heavy (non-hydrogen) atoms. The van der Waals surface area contributed by atoms with Gasteiger partial charge in [-0.25, -0.2) is 0 Å². The first-order valence-electron chi connectivity index (χ1n) is 7.64. The van der Waals surface area contributed by atoms with E-state index in [4.69, 9.17) is 4.74 Å². The molecular weight excluding hydrogens is 282 g/mol. The zero-order valence-electron chi connectivity index (χ0n) is 13.1. The molecule has 120 valence electrons. The third kappa shape index (κ3) is 3.59. The zero-order valence-corrected chi connectivity index (χ0v) is 13.1. The molecular formula is C17H23NO4. The molecule has 1 fully saturated rings. The molecule has 0 saturated heterocycles. The van der Waals surface area contributed by atoms with Gasteiger partial charge in [-0.05, 0) is 37.8 Å². The summed E-state index contributed by atoms with van der Waals surface area (Å²) in [7, 11) is 0. The number of carboxylic acid groups (broad SMARTS) is 1. The van der Waals surface area contributed by atoms with E-state index < -0.39 is 11.4 Å². The van der Waals surface area contributed by atoms with Crippen molar-refractivity contribution in [2.24, 2.45) is 5.41 Å². The standard InChI is InChI=1S/C17H23NO4/c1-12-5-3-6-13(2)15(12)22-10-9-18-14(19)11-17(16(20)21)7-4-8-17/h3,5-6H,4,7-11H2,1-2H3,(H,18,19)(H,20,21). The van der Waals surface area contributed by atoms with Gasteiger partial charge in [-0.3, -0.25) is 9.59 Å². The maximum absolute atomic E-state index is 11.9. The number of para-hydroxylation sites is 1. The van der Waals surface area contributed by atoms with Gasteiger partial charge in [-0.2, -0.15) is 0 Å². The topological polar surface area (TPSA) is 75.6 Å². The van der Waals surface area contributed by atoms with E-state index in [0.717, 1.165) is 23.3 Å². The van der Waals surface area contributed by atoms with E-state index in [-0.39, 0.29) is 12.3 Å². The van der Waals surface area contributed by atoms with Crippen LogP contribution < -0.4 is 10.1 Å². The molecule has 1 aromatic carbocycles. The minimum absolute atomic E-state index is 0.0612. The molecule has 1 saturated carbocycles. The van der Waals surface area contributed by atoms with Crippen LogP contribution in [0.5, 0.6) is 5.75 Å². The molecule has 0 spiro atoms. The third-order valence-corrected chi connectivity index (χ3v) is 4.34. The van der Waals surface area contributed by atoms with Gasteiger partial charge in [0.25, 0.3) is 0 Å². The van der Waals surface area contributed by atoms with E-state index in [9.17, 15) is 14.7 Å². The van der Waals surface area contributed by atoms with Crippen molar-refractivity contribution < 1.29 is 19.4 Å². The van der Waals surface area contributed by atoms with Crippen LogP contribution in [0.2, 0.25) is 0 Å². The number of carbonyl (C=O) groups is 2. The Hall–Kier alpha value is -2.04. The number of aryl methyl sites for hydroxylation is 2. The van der Waals surface area contributed by atoms with Crippen LogP contribution in [-0.4, -0.2) is 30.1 Å². The van der Waals surface area contributed by atoms with Gasteiger partial charge in [0.2, 0.25) is 5.91 Å². The van der Waals surface area contributed by atoms with Crippen molar-refractivity contribution in [1.82, 2.24) is 5.32 Å². The fourth-order valence-corrected chi connectivity index (χ4v) is 2.81. The minimum Gasteiger partial charge on any atom is -0.491 e. The number of carboxylic acids is 1. The van der Waals surface area contributed by atoms with Crippen LogP contribution >= 0.6 is 0 Å². The quantitative estimate of drug-likeness (QED) is 0.759. The van der Waals surface area contributed by atoms with Crippen LogP contribution in [0, 0.1) is 19.3 Å². The van der Waals surface area contributed by atoms with E-state index in [1.54, 1.807) is 0 Å². The summed E-state index contributed by atoms with van der Waals surface area (Å²) in [6.45, 7) is 4.71. The van der Waals surface area contributed by atoms with Crippen molar-refractivity contribution >= 4 is 11.9 Å². The lowest BCUT2D eigenvalue weighted by atomic mass is 9.66. The van der Waals surface area contributed by atoms with Crippen molar-refractivity contribution in [3.05, 3.63) is 29.3 Å². The second-order valence-electron chi connectivity index (χ2n) is 6.04. The molecule has 5 nitrogen and oxygen atoms in total. The predicted octanol–water partition coefficient (Wildman–Crippen LogP) is 2.44. The van der Waals surface area contributed by atoms with Crippen LogP contribution in [0.4, 0.5) is 0 Å². The van der Waals surface area contributed by atoms with Gasteiger partial charge in [0.15, 0.2) is 0 Å². The molecule has 0 aromatic heterocycles. The Morgan fingerprint density at radius 3 is 2.41 bits per heavy atom. The van der Waals surface area contributed by atoms with E-state index in [2.05, 4.69) is 5.32 Å². The lowest BCUT2D eigenvalue weighted by Gasteiger charge is -2.36. The van der Waals surface area contributed by atoms with Crippen LogP contribution in [0.25, 0.3) is 0 Å². The second kappa shape index (κ2) is 6.81.